The number of amides is 2. The molecule has 0 spiro atoms. The summed E-state index contributed by atoms with van der Waals surface area (Å²) >= 11 is 12.0. The molecule has 6 nitrogen and oxygen atoms in total. The normalized spacial score (nSPS) is 13.2. The van der Waals surface area contributed by atoms with E-state index in [0.29, 0.717) is 34.5 Å². The zero-order chi connectivity index (χ0) is 18.7. The molecule has 0 bridgehead atoms. The number of anilines is 1. The molecule has 2 aromatic rings. The van der Waals surface area contributed by atoms with Crippen molar-refractivity contribution < 1.29 is 9.59 Å². The van der Waals surface area contributed by atoms with E-state index in [0.717, 1.165) is 31.4 Å². The Bertz CT molecular complexity index is 828. The van der Waals surface area contributed by atoms with Crippen LogP contribution >= 0.6 is 23.2 Å². The molecule has 2 heterocycles. The zero-order valence-electron chi connectivity index (χ0n) is 14.4. The highest BCUT2D eigenvalue weighted by Crippen LogP contribution is 2.25. The first kappa shape index (κ1) is 18.7. The molecule has 0 unspecified atom stereocenters. The molecule has 1 aliphatic rings. The van der Waals surface area contributed by atoms with E-state index >= 15 is 0 Å². The Morgan fingerprint density at radius 1 is 1.15 bits per heavy atom. The number of carbonyl (C=O) groups excluding carboxylic acids is 2. The molecular formula is C18H20Cl2N4O2. The van der Waals surface area contributed by atoms with E-state index in [-0.39, 0.29) is 17.6 Å². The number of aromatic nitrogens is 2. The van der Waals surface area contributed by atoms with Crippen molar-refractivity contribution in [3.63, 3.8) is 0 Å². The summed E-state index contributed by atoms with van der Waals surface area (Å²) in [5, 5.41) is 6.45. The standard InChI is InChI=1S/C18H20Cl2N4O2/c1-2-6-21-17(25)15-14-5-3-4-7-24(14)16(23-15)18(26)22-13-9-11(19)8-12(20)10-13/h8-10H,2-7H2,1H3,(H,21,25)(H,22,26). The predicted molar refractivity (Wildman–Crippen MR) is 102 cm³/mol. The van der Waals surface area contributed by atoms with Gasteiger partial charge in [-0.1, -0.05) is 30.1 Å². The van der Waals surface area contributed by atoms with Gasteiger partial charge in [-0.3, -0.25) is 9.59 Å². The van der Waals surface area contributed by atoms with Gasteiger partial charge >= 0.3 is 0 Å². The van der Waals surface area contributed by atoms with Crippen LogP contribution in [0.3, 0.4) is 0 Å². The van der Waals surface area contributed by atoms with E-state index in [9.17, 15) is 9.59 Å². The molecule has 8 heteroatoms. The number of rotatable bonds is 5. The van der Waals surface area contributed by atoms with Crippen molar-refractivity contribution in [2.24, 2.45) is 0 Å². The van der Waals surface area contributed by atoms with Crippen molar-refractivity contribution in [3.8, 4) is 0 Å². The summed E-state index contributed by atoms with van der Waals surface area (Å²) in [4.78, 5) is 29.5. The van der Waals surface area contributed by atoms with Crippen molar-refractivity contribution >= 4 is 40.7 Å². The second-order valence-corrected chi connectivity index (χ2v) is 7.08. The average Bonchev–Trinajstić information content (AvgIpc) is 2.98. The monoisotopic (exact) mass is 394 g/mol. The first-order valence-electron chi connectivity index (χ1n) is 8.64. The van der Waals surface area contributed by atoms with Gasteiger partial charge in [-0.25, -0.2) is 4.98 Å². The van der Waals surface area contributed by atoms with Gasteiger partial charge in [-0.05, 0) is 43.9 Å². The molecule has 0 saturated carbocycles. The van der Waals surface area contributed by atoms with Crippen LogP contribution in [0.5, 0.6) is 0 Å². The summed E-state index contributed by atoms with van der Waals surface area (Å²) in [7, 11) is 0. The zero-order valence-corrected chi connectivity index (χ0v) is 16.0. The maximum absolute atomic E-state index is 12.7. The number of hydrogen-bond acceptors (Lipinski definition) is 3. The second kappa shape index (κ2) is 8.10. The van der Waals surface area contributed by atoms with Crippen LogP contribution in [0.25, 0.3) is 0 Å². The molecule has 0 atom stereocenters. The highest BCUT2D eigenvalue weighted by Gasteiger charge is 2.27. The van der Waals surface area contributed by atoms with Gasteiger partial charge in [0.15, 0.2) is 5.82 Å². The van der Waals surface area contributed by atoms with Crippen LogP contribution in [0.1, 0.15) is 53.0 Å². The summed E-state index contributed by atoms with van der Waals surface area (Å²) in [6.45, 7) is 3.23. The lowest BCUT2D eigenvalue weighted by Gasteiger charge is -2.17. The molecule has 1 aromatic carbocycles. The first-order valence-corrected chi connectivity index (χ1v) is 9.40. The van der Waals surface area contributed by atoms with E-state index in [1.54, 1.807) is 18.2 Å². The number of carbonyl (C=O) groups is 2. The number of nitrogens with one attached hydrogen (secondary N) is 2. The third-order valence-electron chi connectivity index (χ3n) is 4.19. The Morgan fingerprint density at radius 3 is 2.58 bits per heavy atom. The maximum atomic E-state index is 12.7. The van der Waals surface area contributed by atoms with Gasteiger partial charge in [0.25, 0.3) is 11.8 Å². The molecule has 0 fully saturated rings. The van der Waals surface area contributed by atoms with Crippen molar-refractivity contribution in [3.05, 3.63) is 45.5 Å². The molecule has 2 amide bonds. The lowest BCUT2D eigenvalue weighted by molar-refractivity contribution is 0.0947. The highest BCUT2D eigenvalue weighted by molar-refractivity contribution is 6.35. The van der Waals surface area contributed by atoms with Crippen LogP contribution in [0, 0.1) is 0 Å². The number of halogens is 2. The van der Waals surface area contributed by atoms with Gasteiger partial charge in [-0.15, -0.1) is 0 Å². The quantitative estimate of drug-likeness (QED) is 0.806. The van der Waals surface area contributed by atoms with E-state index in [1.807, 2.05) is 11.5 Å². The predicted octanol–water partition coefficient (Wildman–Crippen LogP) is 3.92. The number of nitrogens with zero attached hydrogens (tertiary/aromatic N) is 2. The fourth-order valence-electron chi connectivity index (χ4n) is 3.03. The molecule has 0 radical (unpaired) electrons. The van der Waals surface area contributed by atoms with E-state index < -0.39 is 0 Å². The van der Waals surface area contributed by atoms with Crippen LogP contribution in [0.4, 0.5) is 5.69 Å². The van der Waals surface area contributed by atoms with Crippen LogP contribution in [-0.4, -0.2) is 27.9 Å². The molecule has 1 aliphatic heterocycles. The first-order chi connectivity index (χ1) is 12.5. The van der Waals surface area contributed by atoms with Crippen LogP contribution in [0.2, 0.25) is 10.0 Å². The Balaban J connectivity index is 1.90. The van der Waals surface area contributed by atoms with Crippen molar-refractivity contribution in [2.45, 2.75) is 39.2 Å². The van der Waals surface area contributed by atoms with Crippen LogP contribution in [-0.2, 0) is 13.0 Å². The van der Waals surface area contributed by atoms with Gasteiger partial charge in [-0.2, -0.15) is 0 Å². The molecule has 138 valence electrons. The summed E-state index contributed by atoms with van der Waals surface area (Å²) in [6.07, 6.45) is 3.50. The number of hydrogen-bond donors (Lipinski definition) is 2. The summed E-state index contributed by atoms with van der Waals surface area (Å²) in [5.74, 6) is -0.388. The number of fused-ring (bicyclic) bond motifs is 1. The SMILES string of the molecule is CCCNC(=O)c1nc(C(=O)Nc2cc(Cl)cc(Cl)c2)n2c1CCCC2. The van der Waals surface area contributed by atoms with Gasteiger partial charge in [0.05, 0.1) is 5.69 Å². The minimum absolute atomic E-state index is 0.234. The summed E-state index contributed by atoms with van der Waals surface area (Å²) < 4.78 is 1.84. The minimum Gasteiger partial charge on any atom is -0.351 e. The largest absolute Gasteiger partial charge is 0.351 e. The Morgan fingerprint density at radius 2 is 1.88 bits per heavy atom. The molecule has 26 heavy (non-hydrogen) atoms. The fourth-order valence-corrected chi connectivity index (χ4v) is 3.56. The number of benzene rings is 1. The van der Waals surface area contributed by atoms with Crippen molar-refractivity contribution in [1.29, 1.82) is 0 Å². The second-order valence-electron chi connectivity index (χ2n) is 6.21. The van der Waals surface area contributed by atoms with E-state index in [4.69, 9.17) is 23.2 Å². The molecule has 0 saturated heterocycles. The van der Waals surface area contributed by atoms with Gasteiger partial charge in [0, 0.05) is 28.8 Å². The number of imidazole rings is 1. The Kier molecular flexibility index (Phi) is 5.84. The lowest BCUT2D eigenvalue weighted by atomic mass is 10.1. The van der Waals surface area contributed by atoms with E-state index in [1.165, 1.54) is 0 Å². The van der Waals surface area contributed by atoms with Crippen LogP contribution < -0.4 is 10.6 Å². The third-order valence-corrected chi connectivity index (χ3v) is 4.63. The molecule has 2 N–H and O–H groups in total. The molecule has 1 aromatic heterocycles. The van der Waals surface area contributed by atoms with E-state index in [2.05, 4.69) is 15.6 Å². The Labute approximate surface area is 161 Å². The van der Waals surface area contributed by atoms with Crippen molar-refractivity contribution in [1.82, 2.24) is 14.9 Å². The molecule has 3 rings (SSSR count). The third kappa shape index (κ3) is 4.02. The topological polar surface area (TPSA) is 76.0 Å². The average molecular weight is 395 g/mol. The smallest absolute Gasteiger partial charge is 0.291 e. The molecule has 0 aliphatic carbocycles. The highest BCUT2D eigenvalue weighted by atomic mass is 35.5. The Hall–Kier alpha value is -2.05. The maximum Gasteiger partial charge on any atom is 0.291 e. The lowest BCUT2D eigenvalue weighted by Crippen LogP contribution is -2.26. The van der Waals surface area contributed by atoms with Gasteiger partial charge in [0.2, 0.25) is 0 Å². The fraction of sp³-hybridized carbons (Fsp3) is 0.389. The van der Waals surface area contributed by atoms with Crippen molar-refractivity contribution in [2.75, 3.05) is 11.9 Å². The summed E-state index contributed by atoms with van der Waals surface area (Å²) in [5.41, 5.74) is 1.64. The minimum atomic E-state index is -0.388. The van der Waals surface area contributed by atoms with Gasteiger partial charge in [0.1, 0.15) is 5.69 Å². The summed E-state index contributed by atoms with van der Waals surface area (Å²) in [6, 6.07) is 4.81. The van der Waals surface area contributed by atoms with Gasteiger partial charge < -0.3 is 15.2 Å². The van der Waals surface area contributed by atoms with Crippen LogP contribution in [0.15, 0.2) is 18.2 Å². The molecular weight excluding hydrogens is 375 g/mol.